The van der Waals surface area contributed by atoms with Gasteiger partial charge in [0.05, 0.1) is 12.3 Å². The van der Waals surface area contributed by atoms with Crippen LogP contribution in [0.1, 0.15) is 12.8 Å². The van der Waals surface area contributed by atoms with Gasteiger partial charge in [-0.05, 0) is 37.1 Å². The van der Waals surface area contributed by atoms with Crippen LogP contribution in [0.15, 0.2) is 64.8 Å². The summed E-state index contributed by atoms with van der Waals surface area (Å²) in [4.78, 5) is 0. The maximum absolute atomic E-state index is 5.75. The van der Waals surface area contributed by atoms with Crippen molar-refractivity contribution in [1.82, 2.24) is 0 Å². The van der Waals surface area contributed by atoms with Crippen LogP contribution in [-0.4, -0.2) is 11.9 Å². The summed E-state index contributed by atoms with van der Waals surface area (Å²) in [7, 11) is 0. The molecule has 2 aromatic rings. The number of rotatable bonds is 7. The summed E-state index contributed by atoms with van der Waals surface area (Å²) in [5.41, 5.74) is 1.59. The average molecular weight is 333 g/mol. The number of hydrogen-bond acceptors (Lipinski definition) is 3. The van der Waals surface area contributed by atoms with Crippen molar-refractivity contribution in [3.63, 3.8) is 0 Å². The molecule has 0 aliphatic heterocycles. The smallest absolute Gasteiger partial charge is 0.146 e. The molecule has 0 bridgehead atoms. The molecule has 0 spiro atoms. The van der Waals surface area contributed by atoms with Gasteiger partial charge in [-0.15, -0.1) is 5.11 Å². The minimum Gasteiger partial charge on any atom is -0.491 e. The molecule has 4 heteroatoms. The Morgan fingerprint density at radius 1 is 0.850 bits per heavy atom. The number of ether oxygens (including phenoxy) is 1. The lowest BCUT2D eigenvalue weighted by atomic mass is 10.3. The zero-order valence-electron chi connectivity index (χ0n) is 11.2. The molecular formula is C16H17BrN2O. The van der Waals surface area contributed by atoms with Gasteiger partial charge in [0.15, 0.2) is 0 Å². The number of unbranched alkanes of at least 4 members (excludes halogenated alkanes) is 1. The number of hydrogen-bond donors (Lipinski definition) is 0. The third-order valence-corrected chi connectivity index (χ3v) is 3.24. The van der Waals surface area contributed by atoms with Gasteiger partial charge in [0.1, 0.15) is 11.4 Å². The highest BCUT2D eigenvalue weighted by atomic mass is 79.9. The second-order valence-electron chi connectivity index (χ2n) is 4.25. The van der Waals surface area contributed by atoms with Gasteiger partial charge in [-0.25, -0.2) is 0 Å². The monoisotopic (exact) mass is 332 g/mol. The Labute approximate surface area is 127 Å². The molecule has 2 aromatic carbocycles. The fraction of sp³-hybridized carbons (Fsp3) is 0.250. The molecule has 20 heavy (non-hydrogen) atoms. The molecule has 0 amide bonds. The first-order chi connectivity index (χ1) is 9.90. The normalized spacial score (nSPS) is 10.8. The van der Waals surface area contributed by atoms with E-state index in [2.05, 4.69) is 26.2 Å². The van der Waals surface area contributed by atoms with E-state index in [9.17, 15) is 0 Å². The lowest BCUT2D eigenvalue weighted by Crippen LogP contribution is -1.97. The molecule has 0 radical (unpaired) electrons. The van der Waals surface area contributed by atoms with Crippen LogP contribution in [0.2, 0.25) is 0 Å². The Morgan fingerprint density at radius 3 is 2.40 bits per heavy atom. The van der Waals surface area contributed by atoms with Crippen LogP contribution in [-0.2, 0) is 0 Å². The number of halogens is 1. The van der Waals surface area contributed by atoms with Crippen molar-refractivity contribution in [2.24, 2.45) is 10.2 Å². The molecule has 0 unspecified atom stereocenters. The Bertz CT molecular complexity index is 543. The van der Waals surface area contributed by atoms with Crippen LogP contribution in [0.25, 0.3) is 0 Å². The van der Waals surface area contributed by atoms with E-state index in [0.29, 0.717) is 6.61 Å². The predicted octanol–water partition coefficient (Wildman–Crippen LogP) is 5.66. The average Bonchev–Trinajstić information content (AvgIpc) is 2.51. The van der Waals surface area contributed by atoms with Gasteiger partial charge in [0.25, 0.3) is 0 Å². The van der Waals surface area contributed by atoms with Crippen molar-refractivity contribution >= 4 is 27.3 Å². The molecule has 0 aliphatic carbocycles. The van der Waals surface area contributed by atoms with Crippen LogP contribution < -0.4 is 4.74 Å². The Balaban J connectivity index is 2.02. The molecule has 0 aromatic heterocycles. The topological polar surface area (TPSA) is 34.0 Å². The number of nitrogens with zero attached hydrogens (tertiary/aromatic N) is 2. The van der Waals surface area contributed by atoms with E-state index >= 15 is 0 Å². The van der Waals surface area contributed by atoms with Crippen molar-refractivity contribution in [2.75, 3.05) is 11.9 Å². The molecule has 2 rings (SSSR count). The van der Waals surface area contributed by atoms with Crippen LogP contribution in [0.4, 0.5) is 11.4 Å². The number of benzene rings is 2. The molecule has 0 aliphatic rings. The van der Waals surface area contributed by atoms with Crippen LogP contribution in [0, 0.1) is 0 Å². The molecule has 0 heterocycles. The summed E-state index contributed by atoms with van der Waals surface area (Å²) in [6.45, 7) is 0.698. The van der Waals surface area contributed by atoms with Gasteiger partial charge in [-0.3, -0.25) is 0 Å². The fourth-order valence-electron chi connectivity index (χ4n) is 1.65. The van der Waals surface area contributed by atoms with E-state index in [1.165, 1.54) is 0 Å². The van der Waals surface area contributed by atoms with Gasteiger partial charge in [0, 0.05) is 5.33 Å². The molecule has 0 fully saturated rings. The lowest BCUT2D eigenvalue weighted by Gasteiger charge is -2.07. The van der Waals surface area contributed by atoms with Crippen molar-refractivity contribution in [3.8, 4) is 5.75 Å². The van der Waals surface area contributed by atoms with Crippen LogP contribution in [0.3, 0.4) is 0 Å². The van der Waals surface area contributed by atoms with Gasteiger partial charge >= 0.3 is 0 Å². The molecule has 104 valence electrons. The van der Waals surface area contributed by atoms with Gasteiger partial charge in [-0.2, -0.15) is 5.11 Å². The summed E-state index contributed by atoms with van der Waals surface area (Å²) < 4.78 is 5.75. The first-order valence-electron chi connectivity index (χ1n) is 6.65. The zero-order chi connectivity index (χ0) is 14.0. The summed E-state index contributed by atoms with van der Waals surface area (Å²) in [5, 5.41) is 9.49. The third-order valence-electron chi connectivity index (χ3n) is 2.68. The lowest BCUT2D eigenvalue weighted by molar-refractivity contribution is 0.311. The fourth-order valence-corrected chi connectivity index (χ4v) is 2.04. The Morgan fingerprint density at radius 2 is 1.60 bits per heavy atom. The summed E-state index contributed by atoms with van der Waals surface area (Å²) in [6.07, 6.45) is 2.13. The Hall–Kier alpha value is -1.68. The third kappa shape index (κ3) is 4.78. The van der Waals surface area contributed by atoms with Crippen molar-refractivity contribution in [2.45, 2.75) is 12.8 Å². The number of alkyl halides is 1. The molecule has 0 N–H and O–H groups in total. The van der Waals surface area contributed by atoms with Gasteiger partial charge in [0.2, 0.25) is 0 Å². The van der Waals surface area contributed by atoms with Gasteiger partial charge in [-0.1, -0.05) is 46.3 Å². The van der Waals surface area contributed by atoms with E-state index in [4.69, 9.17) is 4.74 Å². The highest BCUT2D eigenvalue weighted by molar-refractivity contribution is 9.09. The predicted molar refractivity (Wildman–Crippen MR) is 85.6 cm³/mol. The van der Waals surface area contributed by atoms with Gasteiger partial charge < -0.3 is 4.74 Å². The van der Waals surface area contributed by atoms with Crippen molar-refractivity contribution in [1.29, 1.82) is 0 Å². The van der Waals surface area contributed by atoms with Crippen molar-refractivity contribution in [3.05, 3.63) is 54.6 Å². The van der Waals surface area contributed by atoms with Crippen LogP contribution in [0.5, 0.6) is 5.75 Å². The second-order valence-corrected chi connectivity index (χ2v) is 5.04. The molecular weight excluding hydrogens is 316 g/mol. The second kappa shape index (κ2) is 8.48. The quantitative estimate of drug-likeness (QED) is 0.366. The van der Waals surface area contributed by atoms with Crippen molar-refractivity contribution < 1.29 is 4.74 Å². The van der Waals surface area contributed by atoms with E-state index in [1.54, 1.807) is 0 Å². The highest BCUT2D eigenvalue weighted by Gasteiger charge is 2.01. The van der Waals surface area contributed by atoms with Crippen LogP contribution >= 0.6 is 15.9 Å². The summed E-state index contributed by atoms with van der Waals surface area (Å²) >= 11 is 3.41. The largest absolute Gasteiger partial charge is 0.491 e. The maximum atomic E-state index is 5.75. The SMILES string of the molecule is BrCCCCOc1ccccc1N=Nc1ccccc1. The summed E-state index contributed by atoms with van der Waals surface area (Å²) in [6, 6.07) is 17.4. The zero-order valence-corrected chi connectivity index (χ0v) is 12.8. The number of azo groups is 1. The van der Waals surface area contributed by atoms with E-state index in [-0.39, 0.29) is 0 Å². The standard InChI is InChI=1S/C16H17BrN2O/c17-12-6-7-13-20-16-11-5-4-10-15(16)19-18-14-8-2-1-3-9-14/h1-5,8-11H,6-7,12-13H2. The molecule has 0 saturated heterocycles. The molecule has 0 atom stereocenters. The van der Waals surface area contributed by atoms with E-state index in [1.807, 2.05) is 54.6 Å². The first kappa shape index (κ1) is 14.7. The molecule has 0 saturated carbocycles. The van der Waals surface area contributed by atoms with E-state index < -0.39 is 0 Å². The molecule has 3 nitrogen and oxygen atoms in total. The first-order valence-corrected chi connectivity index (χ1v) is 7.77. The minimum absolute atomic E-state index is 0.698. The maximum Gasteiger partial charge on any atom is 0.146 e. The van der Waals surface area contributed by atoms with E-state index in [0.717, 1.165) is 35.3 Å². The highest BCUT2D eigenvalue weighted by Crippen LogP contribution is 2.28. The minimum atomic E-state index is 0.698. The number of para-hydroxylation sites is 1. The summed E-state index contributed by atoms with van der Waals surface area (Å²) in [5.74, 6) is 0.779. The Kier molecular flexibility index (Phi) is 6.24.